The number of fused-ring (bicyclic) bond motifs is 1. The molecule has 2 aliphatic rings. The molecule has 1 saturated carbocycles. The Morgan fingerprint density at radius 2 is 2.17 bits per heavy atom. The first-order chi connectivity index (χ1) is 11.2. The predicted octanol–water partition coefficient (Wildman–Crippen LogP) is 2.85. The van der Waals surface area contributed by atoms with Crippen molar-refractivity contribution >= 4 is 17.3 Å². The van der Waals surface area contributed by atoms with Crippen LogP contribution < -0.4 is 10.6 Å². The summed E-state index contributed by atoms with van der Waals surface area (Å²) in [6.07, 6.45) is 6.43. The summed E-state index contributed by atoms with van der Waals surface area (Å²) in [7, 11) is 1.87. The van der Waals surface area contributed by atoms with Crippen molar-refractivity contribution in [1.82, 2.24) is 15.5 Å². The standard InChI is InChI=1S/C18H30N4S/c1-14-3-5-16(6-4-14)21-18(19-2)20-9-11-22-10-7-17-15(13-22)8-12-23-17/h8,12,14,16H,3-7,9-11,13H2,1-2H3,(H2,19,20,21). The van der Waals surface area contributed by atoms with Crippen molar-refractivity contribution < 1.29 is 0 Å². The van der Waals surface area contributed by atoms with Gasteiger partial charge in [0.1, 0.15) is 0 Å². The molecule has 2 N–H and O–H groups in total. The lowest BCUT2D eigenvalue weighted by Gasteiger charge is -2.29. The minimum atomic E-state index is 0.598. The van der Waals surface area contributed by atoms with Crippen LogP contribution in [0.15, 0.2) is 16.4 Å². The molecule has 2 heterocycles. The summed E-state index contributed by atoms with van der Waals surface area (Å²) in [5, 5.41) is 9.32. The highest BCUT2D eigenvalue weighted by Crippen LogP contribution is 2.24. The third kappa shape index (κ3) is 4.70. The molecule has 128 valence electrons. The van der Waals surface area contributed by atoms with E-state index in [0.29, 0.717) is 6.04 Å². The first-order valence-electron chi connectivity index (χ1n) is 8.99. The van der Waals surface area contributed by atoms with E-state index in [1.807, 2.05) is 18.4 Å². The van der Waals surface area contributed by atoms with Crippen molar-refractivity contribution in [3.05, 3.63) is 21.9 Å². The van der Waals surface area contributed by atoms with Crippen LogP contribution in [0, 0.1) is 5.92 Å². The number of nitrogens with zero attached hydrogens (tertiary/aromatic N) is 2. The molecule has 1 fully saturated rings. The summed E-state index contributed by atoms with van der Waals surface area (Å²) in [6.45, 7) is 6.69. The van der Waals surface area contributed by atoms with Crippen LogP contribution >= 0.6 is 11.3 Å². The number of aliphatic imine (C=N–C) groups is 1. The fourth-order valence-corrected chi connectivity index (χ4v) is 4.51. The Hall–Kier alpha value is -1.07. The molecule has 0 amide bonds. The average molecular weight is 335 g/mol. The SMILES string of the molecule is CN=C(NCCN1CCc2sccc2C1)NC1CCC(C)CC1. The van der Waals surface area contributed by atoms with Gasteiger partial charge in [-0.15, -0.1) is 11.3 Å². The van der Waals surface area contributed by atoms with E-state index in [1.165, 1.54) is 44.2 Å². The minimum Gasteiger partial charge on any atom is -0.355 e. The molecular weight excluding hydrogens is 304 g/mol. The van der Waals surface area contributed by atoms with Gasteiger partial charge >= 0.3 is 0 Å². The van der Waals surface area contributed by atoms with Crippen LogP contribution in [-0.4, -0.2) is 43.6 Å². The second kappa shape index (κ2) is 8.15. The lowest BCUT2D eigenvalue weighted by molar-refractivity contribution is 0.259. The van der Waals surface area contributed by atoms with Gasteiger partial charge in [0.05, 0.1) is 0 Å². The van der Waals surface area contributed by atoms with Gasteiger partial charge in [-0.25, -0.2) is 0 Å². The van der Waals surface area contributed by atoms with Gasteiger partial charge < -0.3 is 10.6 Å². The number of hydrogen-bond donors (Lipinski definition) is 2. The fourth-order valence-electron chi connectivity index (χ4n) is 3.62. The molecule has 0 atom stereocenters. The summed E-state index contributed by atoms with van der Waals surface area (Å²) in [4.78, 5) is 8.51. The van der Waals surface area contributed by atoms with Gasteiger partial charge in [-0.2, -0.15) is 0 Å². The zero-order valence-electron chi connectivity index (χ0n) is 14.5. The van der Waals surface area contributed by atoms with Gasteiger partial charge in [-0.05, 0) is 55.0 Å². The van der Waals surface area contributed by atoms with Crippen molar-refractivity contribution in [2.24, 2.45) is 10.9 Å². The van der Waals surface area contributed by atoms with E-state index in [2.05, 4.69) is 38.9 Å². The van der Waals surface area contributed by atoms with Gasteiger partial charge in [-0.3, -0.25) is 9.89 Å². The number of guanidine groups is 1. The lowest BCUT2D eigenvalue weighted by Crippen LogP contribution is -2.47. The van der Waals surface area contributed by atoms with Crippen molar-refractivity contribution in [1.29, 1.82) is 0 Å². The Labute approximate surface area is 144 Å². The molecule has 1 aliphatic carbocycles. The van der Waals surface area contributed by atoms with E-state index in [9.17, 15) is 0 Å². The number of rotatable bonds is 4. The molecule has 1 aromatic heterocycles. The Kier molecular flexibility index (Phi) is 5.95. The number of nitrogens with one attached hydrogen (secondary N) is 2. The number of thiophene rings is 1. The van der Waals surface area contributed by atoms with Crippen LogP contribution in [-0.2, 0) is 13.0 Å². The second-order valence-electron chi connectivity index (χ2n) is 7.00. The molecule has 5 heteroatoms. The molecule has 0 aromatic carbocycles. The highest BCUT2D eigenvalue weighted by molar-refractivity contribution is 7.10. The van der Waals surface area contributed by atoms with E-state index in [4.69, 9.17) is 0 Å². The maximum Gasteiger partial charge on any atom is 0.191 e. The Morgan fingerprint density at radius 1 is 1.35 bits per heavy atom. The maximum atomic E-state index is 4.39. The van der Waals surface area contributed by atoms with Crippen LogP contribution in [0.2, 0.25) is 0 Å². The molecule has 0 unspecified atom stereocenters. The first-order valence-corrected chi connectivity index (χ1v) is 9.87. The zero-order valence-corrected chi connectivity index (χ0v) is 15.3. The fraction of sp³-hybridized carbons (Fsp3) is 0.722. The van der Waals surface area contributed by atoms with Gasteiger partial charge in [0.25, 0.3) is 0 Å². The third-order valence-electron chi connectivity index (χ3n) is 5.19. The first kappa shape index (κ1) is 16.8. The van der Waals surface area contributed by atoms with Gasteiger partial charge in [0.15, 0.2) is 5.96 Å². The molecule has 23 heavy (non-hydrogen) atoms. The van der Waals surface area contributed by atoms with E-state index >= 15 is 0 Å². The van der Waals surface area contributed by atoms with Crippen LogP contribution in [0.25, 0.3) is 0 Å². The highest BCUT2D eigenvalue weighted by atomic mass is 32.1. The molecule has 3 rings (SSSR count). The summed E-state index contributed by atoms with van der Waals surface area (Å²) in [6, 6.07) is 2.88. The van der Waals surface area contributed by atoms with Crippen LogP contribution in [0.5, 0.6) is 0 Å². The van der Waals surface area contributed by atoms with Crippen LogP contribution in [0.1, 0.15) is 43.0 Å². The molecule has 0 saturated heterocycles. The highest BCUT2D eigenvalue weighted by Gasteiger charge is 2.19. The zero-order chi connectivity index (χ0) is 16.1. The van der Waals surface area contributed by atoms with E-state index < -0.39 is 0 Å². The van der Waals surface area contributed by atoms with Crippen LogP contribution in [0.3, 0.4) is 0 Å². The summed E-state index contributed by atoms with van der Waals surface area (Å²) >= 11 is 1.91. The Morgan fingerprint density at radius 3 is 2.96 bits per heavy atom. The van der Waals surface area contributed by atoms with Crippen molar-refractivity contribution in [3.63, 3.8) is 0 Å². The van der Waals surface area contributed by atoms with Crippen molar-refractivity contribution in [2.75, 3.05) is 26.7 Å². The summed E-state index contributed by atoms with van der Waals surface area (Å²) in [5.41, 5.74) is 1.53. The maximum absolute atomic E-state index is 4.39. The second-order valence-corrected chi connectivity index (χ2v) is 8.00. The molecule has 0 radical (unpaired) electrons. The van der Waals surface area contributed by atoms with E-state index in [1.54, 1.807) is 4.88 Å². The minimum absolute atomic E-state index is 0.598. The quantitative estimate of drug-likeness (QED) is 0.657. The number of hydrogen-bond acceptors (Lipinski definition) is 3. The molecule has 1 aliphatic heterocycles. The van der Waals surface area contributed by atoms with Crippen LogP contribution in [0.4, 0.5) is 0 Å². The molecule has 0 bridgehead atoms. The monoisotopic (exact) mass is 334 g/mol. The predicted molar refractivity (Wildman–Crippen MR) is 99.2 cm³/mol. The normalized spacial score (nSPS) is 25.9. The largest absolute Gasteiger partial charge is 0.355 e. The van der Waals surface area contributed by atoms with Gasteiger partial charge in [0, 0.05) is 44.1 Å². The molecule has 4 nitrogen and oxygen atoms in total. The topological polar surface area (TPSA) is 39.7 Å². The van der Waals surface area contributed by atoms with Crippen molar-refractivity contribution in [2.45, 2.75) is 51.6 Å². The van der Waals surface area contributed by atoms with Gasteiger partial charge in [-0.1, -0.05) is 6.92 Å². The molecular formula is C18H30N4S. The smallest absolute Gasteiger partial charge is 0.191 e. The van der Waals surface area contributed by atoms with E-state index in [-0.39, 0.29) is 0 Å². The third-order valence-corrected chi connectivity index (χ3v) is 6.21. The summed E-state index contributed by atoms with van der Waals surface area (Å²) < 4.78 is 0. The molecule has 0 spiro atoms. The van der Waals surface area contributed by atoms with Crippen molar-refractivity contribution in [3.8, 4) is 0 Å². The molecule has 1 aromatic rings. The van der Waals surface area contributed by atoms with Gasteiger partial charge in [0.2, 0.25) is 0 Å². The lowest BCUT2D eigenvalue weighted by atomic mass is 9.87. The average Bonchev–Trinajstić information content (AvgIpc) is 3.03. The Bertz CT molecular complexity index is 517. The summed E-state index contributed by atoms with van der Waals surface area (Å²) in [5.74, 6) is 1.86. The Balaban J connectivity index is 1.37. The van der Waals surface area contributed by atoms with E-state index in [0.717, 1.165) is 31.5 Å².